The average molecular weight is 333 g/mol. The van der Waals surface area contributed by atoms with E-state index in [0.29, 0.717) is 17.1 Å². The Labute approximate surface area is 116 Å². The van der Waals surface area contributed by atoms with Crippen LogP contribution in [-0.2, 0) is 12.8 Å². The maximum absolute atomic E-state index is 13.7. The van der Waals surface area contributed by atoms with E-state index in [-0.39, 0.29) is 4.47 Å². The molecule has 0 atom stereocenters. The number of anilines is 1. The van der Waals surface area contributed by atoms with Crippen molar-refractivity contribution in [3.05, 3.63) is 44.4 Å². The van der Waals surface area contributed by atoms with Gasteiger partial charge in [0.05, 0.1) is 10.2 Å². The van der Waals surface area contributed by atoms with Gasteiger partial charge in [0.1, 0.15) is 11.6 Å². The normalized spacial score (nSPS) is 10.9. The Balaban J connectivity index is 2.36. The lowest BCUT2D eigenvalue weighted by Crippen LogP contribution is -1.96. The van der Waals surface area contributed by atoms with Gasteiger partial charge in [0.25, 0.3) is 0 Å². The zero-order valence-electron chi connectivity index (χ0n) is 9.64. The van der Waals surface area contributed by atoms with Crippen LogP contribution in [0.3, 0.4) is 0 Å². The van der Waals surface area contributed by atoms with Gasteiger partial charge in [-0.2, -0.15) is 0 Å². The molecule has 6 heteroatoms. The van der Waals surface area contributed by atoms with Gasteiger partial charge < -0.3 is 5.73 Å². The molecule has 0 aliphatic carbocycles. The highest BCUT2D eigenvalue weighted by molar-refractivity contribution is 9.10. The molecule has 2 aromatic rings. The van der Waals surface area contributed by atoms with Crippen molar-refractivity contribution in [1.29, 1.82) is 0 Å². The molecule has 2 N–H and O–H groups in total. The van der Waals surface area contributed by atoms with Crippen molar-refractivity contribution < 1.29 is 8.78 Å². The van der Waals surface area contributed by atoms with E-state index in [1.165, 1.54) is 17.4 Å². The predicted octanol–water partition coefficient (Wildman–Crippen LogP) is 3.92. The lowest BCUT2D eigenvalue weighted by atomic mass is 10.1. The summed E-state index contributed by atoms with van der Waals surface area (Å²) < 4.78 is 27.2. The monoisotopic (exact) mass is 332 g/mol. The molecule has 0 bridgehead atoms. The Hall–Kier alpha value is -1.01. The minimum Gasteiger partial charge on any atom is -0.375 e. The Morgan fingerprint density at radius 3 is 2.72 bits per heavy atom. The number of thiazole rings is 1. The molecule has 2 rings (SSSR count). The largest absolute Gasteiger partial charge is 0.375 e. The molecule has 0 unspecified atom stereocenters. The minimum atomic E-state index is -0.470. The number of halogens is 3. The molecule has 2 nitrogen and oxygen atoms in total. The van der Waals surface area contributed by atoms with Gasteiger partial charge in [0, 0.05) is 11.3 Å². The van der Waals surface area contributed by atoms with Gasteiger partial charge >= 0.3 is 0 Å². The first-order valence-electron chi connectivity index (χ1n) is 5.38. The fraction of sp³-hybridized carbons (Fsp3) is 0.250. The quantitative estimate of drug-likeness (QED) is 0.865. The number of aryl methyl sites for hydroxylation is 1. The first-order chi connectivity index (χ1) is 8.51. The summed E-state index contributed by atoms with van der Waals surface area (Å²) in [6.45, 7) is 1.95. The van der Waals surface area contributed by atoms with Crippen molar-refractivity contribution in [2.75, 3.05) is 5.73 Å². The number of nitrogens with two attached hydrogens (primary N) is 1. The molecule has 0 saturated carbocycles. The molecule has 96 valence electrons. The van der Waals surface area contributed by atoms with Crippen LogP contribution in [0, 0.1) is 11.6 Å². The van der Waals surface area contributed by atoms with Gasteiger partial charge in [-0.3, -0.25) is 0 Å². The second-order valence-corrected chi connectivity index (χ2v) is 5.78. The highest BCUT2D eigenvalue weighted by Crippen LogP contribution is 2.27. The van der Waals surface area contributed by atoms with Crippen molar-refractivity contribution in [3.63, 3.8) is 0 Å². The molecule has 0 aliphatic heterocycles. The number of hydrogen-bond acceptors (Lipinski definition) is 3. The van der Waals surface area contributed by atoms with Gasteiger partial charge in [-0.05, 0) is 40.0 Å². The molecular weight excluding hydrogens is 322 g/mol. The van der Waals surface area contributed by atoms with E-state index in [1.807, 2.05) is 6.92 Å². The second kappa shape index (κ2) is 5.32. The van der Waals surface area contributed by atoms with Crippen LogP contribution in [-0.4, -0.2) is 4.98 Å². The van der Waals surface area contributed by atoms with Crippen molar-refractivity contribution in [2.24, 2.45) is 0 Å². The van der Waals surface area contributed by atoms with Crippen LogP contribution in [0.25, 0.3) is 0 Å². The first-order valence-corrected chi connectivity index (χ1v) is 6.99. The number of nitrogen functional groups attached to an aromatic ring is 1. The maximum atomic E-state index is 13.7. The fourth-order valence-electron chi connectivity index (χ4n) is 1.69. The van der Waals surface area contributed by atoms with Crippen LogP contribution in [0.4, 0.5) is 13.9 Å². The first kappa shape index (κ1) is 13.4. The Bertz CT molecular complexity index is 584. The lowest BCUT2D eigenvalue weighted by Gasteiger charge is -2.04. The van der Waals surface area contributed by atoms with E-state index in [4.69, 9.17) is 5.73 Å². The number of benzene rings is 1. The Kier molecular flexibility index (Phi) is 3.97. The summed E-state index contributed by atoms with van der Waals surface area (Å²) in [5.41, 5.74) is 6.79. The second-order valence-electron chi connectivity index (χ2n) is 3.81. The van der Waals surface area contributed by atoms with E-state index in [2.05, 4.69) is 20.9 Å². The molecule has 0 amide bonds. The number of aromatic nitrogens is 1. The zero-order chi connectivity index (χ0) is 13.3. The van der Waals surface area contributed by atoms with Gasteiger partial charge in [0.2, 0.25) is 0 Å². The summed E-state index contributed by atoms with van der Waals surface area (Å²) in [5, 5.41) is 0.458. The predicted molar refractivity (Wildman–Crippen MR) is 72.8 cm³/mol. The van der Waals surface area contributed by atoms with Crippen LogP contribution in [0.2, 0.25) is 0 Å². The Morgan fingerprint density at radius 1 is 1.33 bits per heavy atom. The molecule has 1 heterocycles. The topological polar surface area (TPSA) is 38.9 Å². The van der Waals surface area contributed by atoms with E-state index < -0.39 is 11.6 Å². The van der Waals surface area contributed by atoms with Crippen LogP contribution in [0.1, 0.15) is 23.1 Å². The Morgan fingerprint density at radius 2 is 2.06 bits per heavy atom. The van der Waals surface area contributed by atoms with Gasteiger partial charge in [-0.1, -0.05) is 6.92 Å². The van der Waals surface area contributed by atoms with E-state index in [9.17, 15) is 8.78 Å². The minimum absolute atomic E-state index is 0.128. The molecule has 18 heavy (non-hydrogen) atoms. The summed E-state index contributed by atoms with van der Waals surface area (Å²) >= 11 is 4.27. The third kappa shape index (κ3) is 2.70. The average Bonchev–Trinajstić information content (AvgIpc) is 2.66. The fourth-order valence-corrected chi connectivity index (χ4v) is 2.95. The highest BCUT2D eigenvalue weighted by Gasteiger charge is 2.13. The maximum Gasteiger partial charge on any atom is 0.180 e. The SMILES string of the molecule is CCc1nc(N)sc1Cc1cc(F)c(Br)cc1F. The molecular formula is C12H11BrF2N2S. The third-order valence-electron chi connectivity index (χ3n) is 2.57. The molecule has 0 radical (unpaired) electrons. The molecule has 0 spiro atoms. The lowest BCUT2D eigenvalue weighted by molar-refractivity contribution is 0.583. The van der Waals surface area contributed by atoms with Crippen LogP contribution >= 0.6 is 27.3 Å². The van der Waals surface area contributed by atoms with Crippen molar-refractivity contribution >= 4 is 32.4 Å². The molecule has 1 aromatic carbocycles. The molecule has 0 fully saturated rings. The van der Waals surface area contributed by atoms with Crippen LogP contribution < -0.4 is 5.73 Å². The van der Waals surface area contributed by atoms with Gasteiger partial charge in [0.15, 0.2) is 5.13 Å². The number of hydrogen-bond donors (Lipinski definition) is 1. The van der Waals surface area contributed by atoms with E-state index >= 15 is 0 Å². The van der Waals surface area contributed by atoms with Crippen molar-refractivity contribution in [3.8, 4) is 0 Å². The zero-order valence-corrected chi connectivity index (χ0v) is 12.0. The number of nitrogens with zero attached hydrogens (tertiary/aromatic N) is 1. The smallest absolute Gasteiger partial charge is 0.180 e. The van der Waals surface area contributed by atoms with E-state index in [0.717, 1.165) is 23.1 Å². The summed E-state index contributed by atoms with van der Waals surface area (Å²) in [7, 11) is 0. The number of rotatable bonds is 3. The summed E-state index contributed by atoms with van der Waals surface area (Å²) in [5.74, 6) is -0.903. The van der Waals surface area contributed by atoms with Crippen LogP contribution in [0.5, 0.6) is 0 Å². The van der Waals surface area contributed by atoms with Crippen molar-refractivity contribution in [1.82, 2.24) is 4.98 Å². The highest BCUT2D eigenvalue weighted by atomic mass is 79.9. The van der Waals surface area contributed by atoms with Crippen LogP contribution in [0.15, 0.2) is 16.6 Å². The third-order valence-corrected chi connectivity index (χ3v) is 4.10. The van der Waals surface area contributed by atoms with Gasteiger partial charge in [-0.25, -0.2) is 13.8 Å². The molecule has 0 aliphatic rings. The van der Waals surface area contributed by atoms with Crippen molar-refractivity contribution in [2.45, 2.75) is 19.8 Å². The van der Waals surface area contributed by atoms with Gasteiger partial charge in [-0.15, -0.1) is 11.3 Å². The molecule has 1 aromatic heterocycles. The standard InChI is InChI=1S/C12H11BrF2N2S/c1-2-10-11(18-12(16)17-10)4-6-3-9(15)7(13)5-8(6)14/h3,5H,2,4H2,1H3,(H2,16,17). The summed E-state index contributed by atoms with van der Waals surface area (Å²) in [6.07, 6.45) is 1.04. The van der Waals surface area contributed by atoms with E-state index in [1.54, 1.807) is 0 Å². The molecule has 0 saturated heterocycles. The summed E-state index contributed by atoms with van der Waals surface area (Å²) in [4.78, 5) is 5.05. The summed E-state index contributed by atoms with van der Waals surface area (Å²) in [6, 6.07) is 2.34.